The molecular weight excluding hydrogens is 741 g/mol. The van der Waals surface area contributed by atoms with Gasteiger partial charge in [-0.3, -0.25) is 19.7 Å². The average molecular weight is 789 g/mol. The normalized spacial score (nSPS) is 20.5. The molecule has 284 valence electrons. The zero-order valence-electron chi connectivity index (χ0n) is 31.8. The number of aliphatic imine (C=N–C) groups is 1. The molecule has 0 aliphatic carbocycles. The smallest absolute Gasteiger partial charge is 0.326 e. The third kappa shape index (κ3) is 7.98. The Kier molecular flexibility index (Phi) is 11.7. The lowest BCUT2D eigenvalue weighted by molar-refractivity contribution is -0.122. The van der Waals surface area contributed by atoms with Crippen LogP contribution >= 0.6 is 34.8 Å². The lowest BCUT2D eigenvalue weighted by atomic mass is 9.71. The first-order valence-electron chi connectivity index (χ1n) is 18.5. The Bertz CT molecular complexity index is 2010. The number of carbonyl (C=O) groups excluding carboxylic acids is 2. The maximum absolute atomic E-state index is 15.3. The van der Waals surface area contributed by atoms with Crippen molar-refractivity contribution in [3.05, 3.63) is 128 Å². The van der Waals surface area contributed by atoms with Crippen molar-refractivity contribution < 1.29 is 14.3 Å². The van der Waals surface area contributed by atoms with Crippen molar-refractivity contribution in [3.63, 3.8) is 0 Å². The SMILES string of the molecule is CCOc1cc(C(C)(C)C)ncc1C1=N[C@@](C)(c2ccc(Cl)cc2)[C@@](C)(c2ccc(Cl)cc2)N1C(=O)N1CCC(CC(=O)NCc2ccc(Cl)cc2)CC1. The molecule has 2 aliphatic heterocycles. The Morgan fingerprint density at radius 1 is 0.870 bits per heavy atom. The predicted octanol–water partition coefficient (Wildman–Crippen LogP) is 10.2. The molecule has 0 spiro atoms. The van der Waals surface area contributed by atoms with Crippen LogP contribution in [-0.2, 0) is 27.8 Å². The van der Waals surface area contributed by atoms with E-state index in [1.54, 1.807) is 6.20 Å². The highest BCUT2D eigenvalue weighted by Crippen LogP contribution is 2.54. The standard InChI is InChI=1S/C43H48Cl3N5O3/c1-7-54-36-25-37(41(2,3)4)47-27-35(36)39-49-42(5,30-10-16-33(45)17-11-30)43(6,31-12-18-34(46)19-13-31)51(39)40(53)50-22-20-28(21-23-50)24-38(52)48-26-29-8-14-32(44)15-9-29/h8-19,25,27-28H,7,20-24,26H2,1-6H3,(H,48,52)/t42-,43+/m0/s1. The third-order valence-electron chi connectivity index (χ3n) is 10.9. The molecule has 11 heteroatoms. The topological polar surface area (TPSA) is 87.1 Å². The van der Waals surface area contributed by atoms with Gasteiger partial charge in [-0.1, -0.05) is 92.0 Å². The number of nitrogens with zero attached hydrogens (tertiary/aromatic N) is 4. The molecule has 6 rings (SSSR count). The molecule has 3 amide bonds. The number of pyridine rings is 1. The zero-order chi connectivity index (χ0) is 38.8. The van der Waals surface area contributed by atoms with Gasteiger partial charge in [-0.05, 0) is 92.6 Å². The van der Waals surface area contributed by atoms with Crippen LogP contribution in [0.1, 0.15) is 88.8 Å². The van der Waals surface area contributed by atoms with Crippen LogP contribution in [0.15, 0.2) is 90.1 Å². The number of urea groups is 1. The van der Waals surface area contributed by atoms with E-state index in [2.05, 4.69) is 39.9 Å². The van der Waals surface area contributed by atoms with Crippen molar-refractivity contribution in [1.82, 2.24) is 20.1 Å². The number of piperidine rings is 1. The molecule has 2 aliphatic rings. The summed E-state index contributed by atoms with van der Waals surface area (Å²) in [5.41, 5.74) is 1.98. The highest BCUT2D eigenvalue weighted by molar-refractivity contribution is 6.31. The van der Waals surface area contributed by atoms with Crippen molar-refractivity contribution >= 4 is 52.6 Å². The van der Waals surface area contributed by atoms with Gasteiger partial charge in [-0.25, -0.2) is 4.79 Å². The van der Waals surface area contributed by atoms with E-state index in [0.717, 1.165) is 22.4 Å². The molecule has 8 nitrogen and oxygen atoms in total. The Morgan fingerprint density at radius 3 is 1.98 bits per heavy atom. The largest absolute Gasteiger partial charge is 0.493 e. The van der Waals surface area contributed by atoms with E-state index >= 15 is 4.79 Å². The highest BCUT2D eigenvalue weighted by atomic mass is 35.5. The van der Waals surface area contributed by atoms with Crippen molar-refractivity contribution in [2.24, 2.45) is 10.9 Å². The molecule has 3 heterocycles. The number of amidine groups is 1. The number of aromatic nitrogens is 1. The average Bonchev–Trinajstić information content (AvgIpc) is 3.39. The van der Waals surface area contributed by atoms with Gasteiger partial charge in [0.2, 0.25) is 5.91 Å². The second kappa shape index (κ2) is 15.9. The second-order valence-corrected chi connectivity index (χ2v) is 16.8. The van der Waals surface area contributed by atoms with Gasteiger partial charge in [0.25, 0.3) is 0 Å². The summed E-state index contributed by atoms with van der Waals surface area (Å²) in [6, 6.07) is 24.5. The number of hydrogen-bond acceptors (Lipinski definition) is 5. The molecule has 1 saturated heterocycles. The molecular formula is C43H48Cl3N5O3. The van der Waals surface area contributed by atoms with Gasteiger partial charge >= 0.3 is 6.03 Å². The molecule has 1 N–H and O–H groups in total. The van der Waals surface area contributed by atoms with Gasteiger partial charge in [0.1, 0.15) is 22.7 Å². The number of nitrogens with one attached hydrogen (secondary N) is 1. The van der Waals surface area contributed by atoms with E-state index in [4.69, 9.17) is 49.5 Å². The summed E-state index contributed by atoms with van der Waals surface area (Å²) in [6.45, 7) is 14.2. The summed E-state index contributed by atoms with van der Waals surface area (Å²) in [7, 11) is 0. The quantitative estimate of drug-likeness (QED) is 0.183. The first-order valence-corrected chi connectivity index (χ1v) is 19.6. The fourth-order valence-corrected chi connectivity index (χ4v) is 7.84. The molecule has 1 fully saturated rings. The number of likely N-dealkylation sites (tertiary alicyclic amines) is 1. The van der Waals surface area contributed by atoms with Gasteiger partial charge in [-0.2, -0.15) is 0 Å². The van der Waals surface area contributed by atoms with E-state index < -0.39 is 11.1 Å². The van der Waals surface area contributed by atoms with Crippen LogP contribution in [0.25, 0.3) is 0 Å². The van der Waals surface area contributed by atoms with Crippen molar-refractivity contribution in [2.75, 3.05) is 19.7 Å². The minimum atomic E-state index is -1.04. The lowest BCUT2D eigenvalue weighted by Gasteiger charge is -2.47. The number of amides is 3. The first-order chi connectivity index (χ1) is 25.6. The lowest BCUT2D eigenvalue weighted by Crippen LogP contribution is -2.59. The van der Waals surface area contributed by atoms with Crippen LogP contribution in [0.2, 0.25) is 15.1 Å². The van der Waals surface area contributed by atoms with Gasteiger partial charge < -0.3 is 15.0 Å². The zero-order valence-corrected chi connectivity index (χ0v) is 34.0. The van der Waals surface area contributed by atoms with Crippen LogP contribution in [0.5, 0.6) is 5.75 Å². The van der Waals surface area contributed by atoms with Crippen molar-refractivity contribution in [1.29, 1.82) is 0 Å². The van der Waals surface area contributed by atoms with Crippen molar-refractivity contribution in [3.8, 4) is 5.75 Å². The molecule has 0 bridgehead atoms. The number of rotatable bonds is 9. The van der Waals surface area contributed by atoms with Gasteiger partial charge in [0.05, 0.1) is 12.2 Å². The van der Waals surface area contributed by atoms with E-state index in [0.29, 0.717) is 77.7 Å². The Hall–Kier alpha value is -4.11. The fraction of sp³-hybridized carbons (Fsp3) is 0.395. The first kappa shape index (κ1) is 39.6. The van der Waals surface area contributed by atoms with Crippen LogP contribution in [0.4, 0.5) is 4.79 Å². The molecule has 2 atom stereocenters. The minimum absolute atomic E-state index is 0.00705. The number of halogens is 3. The fourth-order valence-electron chi connectivity index (χ4n) is 7.46. The Morgan fingerprint density at radius 2 is 1.43 bits per heavy atom. The molecule has 0 saturated carbocycles. The molecule has 54 heavy (non-hydrogen) atoms. The molecule has 1 aromatic heterocycles. The number of carbonyl (C=O) groups is 2. The maximum Gasteiger partial charge on any atom is 0.326 e. The summed E-state index contributed by atoms with van der Waals surface area (Å²) in [5.74, 6) is 1.21. The van der Waals surface area contributed by atoms with Crippen LogP contribution < -0.4 is 10.1 Å². The second-order valence-electron chi connectivity index (χ2n) is 15.5. The number of benzene rings is 3. The van der Waals surface area contributed by atoms with Crippen LogP contribution in [-0.4, -0.2) is 52.3 Å². The number of ether oxygens (including phenoxy) is 1. The molecule has 3 aromatic carbocycles. The summed E-state index contributed by atoms with van der Waals surface area (Å²) in [5, 5.41) is 4.89. The van der Waals surface area contributed by atoms with Crippen LogP contribution in [0, 0.1) is 5.92 Å². The molecule has 0 radical (unpaired) electrons. The Balaban J connectivity index is 1.37. The van der Waals surface area contributed by atoms with E-state index in [-0.39, 0.29) is 23.3 Å². The monoisotopic (exact) mass is 787 g/mol. The summed E-state index contributed by atoms with van der Waals surface area (Å²) in [4.78, 5) is 42.4. The predicted molar refractivity (Wildman–Crippen MR) is 218 cm³/mol. The van der Waals surface area contributed by atoms with Gasteiger partial charge in [-0.15, -0.1) is 0 Å². The number of hydrogen-bond donors (Lipinski definition) is 1. The van der Waals surface area contributed by atoms with E-state index in [9.17, 15) is 4.79 Å². The van der Waals surface area contributed by atoms with Gasteiger partial charge in [0, 0.05) is 64.5 Å². The van der Waals surface area contributed by atoms with E-state index in [1.165, 1.54) is 0 Å². The van der Waals surface area contributed by atoms with Crippen LogP contribution in [0.3, 0.4) is 0 Å². The summed E-state index contributed by atoms with van der Waals surface area (Å²) in [6.07, 6.45) is 3.57. The molecule has 4 aromatic rings. The summed E-state index contributed by atoms with van der Waals surface area (Å²) < 4.78 is 6.29. The minimum Gasteiger partial charge on any atom is -0.493 e. The van der Waals surface area contributed by atoms with Crippen molar-refractivity contribution in [2.45, 2.75) is 83.8 Å². The van der Waals surface area contributed by atoms with E-state index in [1.807, 2.05) is 95.6 Å². The Labute approximate surface area is 333 Å². The van der Waals surface area contributed by atoms with Gasteiger partial charge in [0.15, 0.2) is 0 Å². The highest BCUT2D eigenvalue weighted by Gasteiger charge is 2.60. The third-order valence-corrected chi connectivity index (χ3v) is 11.6. The molecule has 0 unspecified atom stereocenters. The summed E-state index contributed by atoms with van der Waals surface area (Å²) >= 11 is 18.9. The maximum atomic E-state index is 15.3.